The molecule has 0 unspecified atom stereocenters. The van der Waals surface area contributed by atoms with Crippen molar-refractivity contribution in [2.75, 3.05) is 12.4 Å². The predicted molar refractivity (Wildman–Crippen MR) is 90.9 cm³/mol. The van der Waals surface area contributed by atoms with Gasteiger partial charge in [-0.05, 0) is 64.9 Å². The molecule has 106 valence electrons. The third-order valence-electron chi connectivity index (χ3n) is 2.99. The van der Waals surface area contributed by atoms with Gasteiger partial charge in [0.15, 0.2) is 11.5 Å². The molecular formula is C15H15ClINO2. The number of anilines is 1. The van der Waals surface area contributed by atoms with Gasteiger partial charge in [0.05, 0.1) is 10.7 Å². The van der Waals surface area contributed by atoms with Crippen LogP contribution in [-0.4, -0.2) is 12.2 Å². The highest BCUT2D eigenvalue weighted by molar-refractivity contribution is 14.1. The third kappa shape index (κ3) is 3.49. The van der Waals surface area contributed by atoms with Gasteiger partial charge in [0.1, 0.15) is 0 Å². The number of hydrogen-bond donors (Lipinski definition) is 2. The van der Waals surface area contributed by atoms with Gasteiger partial charge in [-0.15, -0.1) is 0 Å². The second kappa shape index (κ2) is 6.54. The minimum absolute atomic E-state index is 0.177. The number of rotatable bonds is 4. The van der Waals surface area contributed by atoms with Crippen LogP contribution in [0.3, 0.4) is 0 Å². The van der Waals surface area contributed by atoms with Crippen molar-refractivity contribution in [3.05, 3.63) is 50.1 Å². The van der Waals surface area contributed by atoms with Crippen molar-refractivity contribution in [2.45, 2.75) is 13.5 Å². The largest absolute Gasteiger partial charge is 0.504 e. The number of aromatic hydroxyl groups is 1. The van der Waals surface area contributed by atoms with Gasteiger partial charge in [-0.2, -0.15) is 0 Å². The summed E-state index contributed by atoms with van der Waals surface area (Å²) in [5.74, 6) is 0.660. The quantitative estimate of drug-likeness (QED) is 0.734. The molecule has 0 aromatic heterocycles. The first-order valence-corrected chi connectivity index (χ1v) is 7.52. The zero-order valence-corrected chi connectivity index (χ0v) is 14.1. The number of benzene rings is 2. The minimum Gasteiger partial charge on any atom is -0.504 e. The van der Waals surface area contributed by atoms with Crippen LogP contribution in [0.2, 0.25) is 5.02 Å². The highest BCUT2D eigenvalue weighted by atomic mass is 127. The molecular weight excluding hydrogens is 389 g/mol. The average molecular weight is 404 g/mol. The fourth-order valence-corrected chi connectivity index (χ4v) is 2.70. The summed E-state index contributed by atoms with van der Waals surface area (Å²) in [7, 11) is 1.55. The van der Waals surface area contributed by atoms with Crippen molar-refractivity contribution in [3.8, 4) is 11.5 Å². The first-order valence-electron chi connectivity index (χ1n) is 6.06. The summed E-state index contributed by atoms with van der Waals surface area (Å²) in [5, 5.41) is 13.9. The molecule has 0 fully saturated rings. The number of aryl methyl sites for hydroxylation is 1. The summed E-state index contributed by atoms with van der Waals surface area (Å²) in [4.78, 5) is 0. The number of hydrogen-bond acceptors (Lipinski definition) is 3. The van der Waals surface area contributed by atoms with E-state index in [9.17, 15) is 5.11 Å². The SMILES string of the molecule is COc1cc(CNc2cc(Cl)ccc2C)cc(I)c1O. The Hall–Kier alpha value is -1.14. The lowest BCUT2D eigenvalue weighted by Crippen LogP contribution is -2.02. The Balaban J connectivity index is 2.19. The molecule has 0 radical (unpaired) electrons. The maximum atomic E-state index is 9.82. The van der Waals surface area contributed by atoms with Crippen LogP contribution in [0.15, 0.2) is 30.3 Å². The molecule has 2 aromatic rings. The van der Waals surface area contributed by atoms with E-state index in [1.807, 2.05) is 37.3 Å². The Bertz CT molecular complexity index is 632. The average Bonchev–Trinajstić information content (AvgIpc) is 2.43. The summed E-state index contributed by atoms with van der Waals surface area (Å²) in [6.07, 6.45) is 0. The van der Waals surface area contributed by atoms with E-state index >= 15 is 0 Å². The van der Waals surface area contributed by atoms with Gasteiger partial charge in [0.2, 0.25) is 0 Å². The van der Waals surface area contributed by atoms with Crippen LogP contribution in [0.1, 0.15) is 11.1 Å². The van der Waals surface area contributed by atoms with Crippen molar-refractivity contribution in [1.29, 1.82) is 0 Å². The van der Waals surface area contributed by atoms with Crippen LogP contribution >= 0.6 is 34.2 Å². The Morgan fingerprint density at radius 3 is 2.75 bits per heavy atom. The topological polar surface area (TPSA) is 41.5 Å². The van der Waals surface area contributed by atoms with Crippen molar-refractivity contribution in [2.24, 2.45) is 0 Å². The molecule has 0 saturated heterocycles. The van der Waals surface area contributed by atoms with Crippen molar-refractivity contribution in [1.82, 2.24) is 0 Å². The number of phenols is 1. The highest BCUT2D eigenvalue weighted by Crippen LogP contribution is 2.32. The minimum atomic E-state index is 0.177. The summed E-state index contributed by atoms with van der Waals surface area (Å²) < 4.78 is 5.92. The van der Waals surface area contributed by atoms with Gasteiger partial charge >= 0.3 is 0 Å². The van der Waals surface area contributed by atoms with Crippen molar-refractivity contribution < 1.29 is 9.84 Å². The molecule has 0 heterocycles. The van der Waals surface area contributed by atoms with E-state index < -0.39 is 0 Å². The first-order chi connectivity index (χ1) is 9.51. The monoisotopic (exact) mass is 403 g/mol. The lowest BCUT2D eigenvalue weighted by molar-refractivity contribution is 0.371. The lowest BCUT2D eigenvalue weighted by atomic mass is 10.1. The number of phenolic OH excluding ortho intramolecular Hbond substituents is 1. The fourth-order valence-electron chi connectivity index (χ4n) is 1.87. The highest BCUT2D eigenvalue weighted by Gasteiger charge is 2.08. The van der Waals surface area contributed by atoms with Crippen LogP contribution in [0.25, 0.3) is 0 Å². The van der Waals surface area contributed by atoms with E-state index in [-0.39, 0.29) is 5.75 Å². The molecule has 0 bridgehead atoms. The van der Waals surface area contributed by atoms with Crippen LogP contribution in [0, 0.1) is 10.5 Å². The van der Waals surface area contributed by atoms with Crippen LogP contribution in [0.4, 0.5) is 5.69 Å². The Morgan fingerprint density at radius 1 is 1.30 bits per heavy atom. The maximum Gasteiger partial charge on any atom is 0.171 e. The molecule has 2 N–H and O–H groups in total. The van der Waals surface area contributed by atoms with Gasteiger partial charge in [-0.25, -0.2) is 0 Å². The Labute approximate surface area is 137 Å². The molecule has 5 heteroatoms. The third-order valence-corrected chi connectivity index (χ3v) is 4.05. The second-order valence-electron chi connectivity index (χ2n) is 4.44. The zero-order valence-electron chi connectivity index (χ0n) is 11.2. The summed E-state index contributed by atoms with van der Waals surface area (Å²) >= 11 is 8.08. The molecule has 20 heavy (non-hydrogen) atoms. The Kier molecular flexibility index (Phi) is 4.99. The van der Waals surface area contributed by atoms with E-state index in [2.05, 4.69) is 27.9 Å². The van der Waals surface area contributed by atoms with E-state index in [1.165, 1.54) is 0 Å². The lowest BCUT2D eigenvalue weighted by Gasteiger charge is -2.12. The van der Waals surface area contributed by atoms with Gasteiger partial charge in [0.25, 0.3) is 0 Å². The van der Waals surface area contributed by atoms with E-state index in [4.69, 9.17) is 16.3 Å². The molecule has 0 amide bonds. The van der Waals surface area contributed by atoms with E-state index in [0.717, 1.165) is 20.4 Å². The van der Waals surface area contributed by atoms with Gasteiger partial charge in [-0.1, -0.05) is 17.7 Å². The van der Waals surface area contributed by atoms with Gasteiger partial charge in [-0.3, -0.25) is 0 Å². The van der Waals surface area contributed by atoms with E-state index in [1.54, 1.807) is 7.11 Å². The molecule has 2 aromatic carbocycles. The molecule has 0 aliphatic carbocycles. The maximum absolute atomic E-state index is 9.82. The number of ether oxygens (including phenoxy) is 1. The molecule has 3 nitrogen and oxygen atoms in total. The molecule has 0 aliphatic heterocycles. The first kappa shape index (κ1) is 15.3. The zero-order chi connectivity index (χ0) is 14.7. The molecule has 2 rings (SSSR count). The summed E-state index contributed by atoms with van der Waals surface area (Å²) in [6.45, 7) is 2.66. The summed E-state index contributed by atoms with van der Waals surface area (Å²) in [6, 6.07) is 9.50. The molecule has 0 atom stereocenters. The molecule has 0 aliphatic rings. The number of methoxy groups -OCH3 is 1. The number of nitrogens with one attached hydrogen (secondary N) is 1. The molecule has 0 saturated carbocycles. The predicted octanol–water partition coefficient (Wildman–Crippen LogP) is 4.58. The molecule has 0 spiro atoms. The second-order valence-corrected chi connectivity index (χ2v) is 6.04. The van der Waals surface area contributed by atoms with Crippen LogP contribution in [-0.2, 0) is 6.54 Å². The Morgan fingerprint density at radius 2 is 2.05 bits per heavy atom. The van der Waals surface area contributed by atoms with Gasteiger partial charge in [0, 0.05) is 17.3 Å². The van der Waals surface area contributed by atoms with Gasteiger partial charge < -0.3 is 15.2 Å². The van der Waals surface area contributed by atoms with Crippen LogP contribution in [0.5, 0.6) is 11.5 Å². The standard InChI is InChI=1S/C15H15ClINO2/c1-9-3-4-11(16)7-13(9)18-8-10-5-12(17)15(19)14(6-10)20-2/h3-7,18-19H,8H2,1-2H3. The summed E-state index contributed by atoms with van der Waals surface area (Å²) in [5.41, 5.74) is 3.16. The number of halogens is 2. The smallest absolute Gasteiger partial charge is 0.171 e. The fraction of sp³-hybridized carbons (Fsp3) is 0.200. The normalized spacial score (nSPS) is 10.4. The van der Waals surface area contributed by atoms with E-state index in [0.29, 0.717) is 17.3 Å². The van der Waals surface area contributed by atoms with Crippen molar-refractivity contribution in [3.63, 3.8) is 0 Å². The van der Waals surface area contributed by atoms with Crippen molar-refractivity contribution >= 4 is 39.9 Å². The van der Waals surface area contributed by atoms with Crippen LogP contribution < -0.4 is 10.1 Å².